The highest BCUT2D eigenvalue weighted by Gasteiger charge is 2.22. The highest BCUT2D eigenvalue weighted by molar-refractivity contribution is 6.67. The Hall–Kier alpha value is -1.42. The monoisotopic (exact) mass is 385 g/mol. The second kappa shape index (κ2) is 8.61. The number of rotatable bonds is 5. The number of benzene rings is 2. The topological polar surface area (TPSA) is 38.3 Å². The molecule has 0 saturated heterocycles. The molecule has 0 aliphatic heterocycles. The molecule has 3 nitrogen and oxygen atoms in total. The Kier molecular flexibility index (Phi) is 6.79. The molecule has 1 N–H and O–H groups in total. The summed E-state index contributed by atoms with van der Waals surface area (Å²) in [6.07, 6.45) is 0.260. The van der Waals surface area contributed by atoms with Crippen LogP contribution in [-0.2, 0) is 11.2 Å². The van der Waals surface area contributed by atoms with Crippen LogP contribution in [0.3, 0.4) is 0 Å². The van der Waals surface area contributed by atoms with Crippen molar-refractivity contribution >= 4 is 46.6 Å². The minimum Gasteiger partial charge on any atom is -0.445 e. The van der Waals surface area contributed by atoms with E-state index in [9.17, 15) is 4.79 Å². The van der Waals surface area contributed by atoms with Gasteiger partial charge in [0.1, 0.15) is 6.61 Å². The fourth-order valence-corrected chi connectivity index (χ4v) is 2.47. The number of ether oxygens (including phenoxy) is 1. The maximum atomic E-state index is 11.7. The van der Waals surface area contributed by atoms with Crippen molar-refractivity contribution in [1.29, 1.82) is 0 Å². The Bertz CT molecular complexity index is 671. The maximum absolute atomic E-state index is 11.7. The van der Waals surface area contributed by atoms with Crippen molar-refractivity contribution in [2.75, 3.05) is 11.9 Å². The summed E-state index contributed by atoms with van der Waals surface area (Å²) in [5.74, 6) is 0.311. The lowest BCUT2D eigenvalue weighted by atomic mass is 9.93. The molecule has 0 aliphatic rings. The predicted octanol–water partition coefficient (Wildman–Crippen LogP) is 5.95. The number of alkyl halides is 3. The third-order valence-electron chi connectivity index (χ3n) is 3.45. The summed E-state index contributed by atoms with van der Waals surface area (Å²) < 4.78 is 3.24. The third-order valence-corrected chi connectivity index (χ3v) is 3.78. The highest BCUT2D eigenvalue weighted by atomic mass is 35.6. The average molecular weight is 387 g/mol. The molecule has 0 saturated carbocycles. The van der Waals surface area contributed by atoms with Crippen molar-refractivity contribution in [3.63, 3.8) is 0 Å². The second-order valence-corrected chi connectivity index (χ2v) is 8.05. The van der Waals surface area contributed by atoms with Crippen LogP contribution in [0.4, 0.5) is 10.5 Å². The lowest BCUT2D eigenvalue weighted by Gasteiger charge is -2.15. The Morgan fingerprint density at radius 3 is 2.50 bits per heavy atom. The van der Waals surface area contributed by atoms with E-state index in [1.807, 2.05) is 36.4 Å². The summed E-state index contributed by atoms with van der Waals surface area (Å²) in [4.78, 5) is 11.7. The molecule has 0 aromatic heterocycles. The maximum Gasteiger partial charge on any atom is 0.411 e. The van der Waals surface area contributed by atoms with E-state index in [2.05, 4.69) is 24.4 Å². The van der Waals surface area contributed by atoms with E-state index < -0.39 is 9.89 Å². The van der Waals surface area contributed by atoms with Gasteiger partial charge in [-0.05, 0) is 35.6 Å². The molecule has 1 atom stereocenters. The lowest BCUT2D eigenvalue weighted by Crippen LogP contribution is -2.21. The van der Waals surface area contributed by atoms with Gasteiger partial charge in [0.25, 0.3) is 0 Å². The van der Waals surface area contributed by atoms with Gasteiger partial charge in [-0.2, -0.15) is 0 Å². The first-order valence-corrected chi connectivity index (χ1v) is 8.61. The summed E-state index contributed by atoms with van der Waals surface area (Å²) in [5.41, 5.74) is 3.03. The number of hydrogen-bond donors (Lipinski definition) is 1. The van der Waals surface area contributed by atoms with Crippen molar-refractivity contribution in [3.05, 3.63) is 65.7 Å². The zero-order valence-corrected chi connectivity index (χ0v) is 15.4. The molecule has 6 heteroatoms. The van der Waals surface area contributed by atoms with Crippen LogP contribution in [0.2, 0.25) is 0 Å². The molecule has 1 amide bonds. The van der Waals surface area contributed by atoms with Crippen LogP contribution in [0.15, 0.2) is 54.6 Å². The molecule has 2 aromatic rings. The molecule has 0 heterocycles. The number of halogens is 3. The second-order valence-electron chi connectivity index (χ2n) is 5.53. The molecule has 0 radical (unpaired) electrons. The van der Waals surface area contributed by atoms with E-state index >= 15 is 0 Å². The fourth-order valence-electron chi connectivity index (χ4n) is 2.31. The van der Waals surface area contributed by atoms with Gasteiger partial charge < -0.3 is 4.74 Å². The van der Waals surface area contributed by atoms with Gasteiger partial charge in [-0.3, -0.25) is 5.32 Å². The smallest absolute Gasteiger partial charge is 0.411 e. The fraction of sp³-hybridized carbons (Fsp3) is 0.278. The van der Waals surface area contributed by atoms with Crippen LogP contribution in [0, 0.1) is 0 Å². The molecule has 128 valence electrons. The van der Waals surface area contributed by atoms with E-state index in [0.29, 0.717) is 11.6 Å². The molecule has 2 rings (SSSR count). The summed E-state index contributed by atoms with van der Waals surface area (Å²) in [6.45, 7) is 1.83. The van der Waals surface area contributed by atoms with Gasteiger partial charge in [0.15, 0.2) is 0 Å². The normalized spacial score (nSPS) is 12.5. The van der Waals surface area contributed by atoms with E-state index in [-0.39, 0.29) is 6.61 Å². The molecule has 24 heavy (non-hydrogen) atoms. The van der Waals surface area contributed by atoms with Gasteiger partial charge in [-0.25, -0.2) is 4.79 Å². The lowest BCUT2D eigenvalue weighted by molar-refractivity contribution is 0.164. The van der Waals surface area contributed by atoms with Gasteiger partial charge in [0, 0.05) is 5.69 Å². The van der Waals surface area contributed by atoms with Gasteiger partial charge >= 0.3 is 6.09 Å². The number of hydrogen-bond acceptors (Lipinski definition) is 2. The minimum absolute atomic E-state index is 0.311. The highest BCUT2D eigenvalue weighted by Crippen LogP contribution is 2.26. The van der Waals surface area contributed by atoms with Crippen LogP contribution >= 0.6 is 34.8 Å². The molecule has 0 spiro atoms. The Morgan fingerprint density at radius 2 is 1.83 bits per heavy atom. The Balaban J connectivity index is 1.96. The average Bonchev–Trinajstić information content (AvgIpc) is 2.53. The predicted molar refractivity (Wildman–Crippen MR) is 100 cm³/mol. The van der Waals surface area contributed by atoms with Crippen molar-refractivity contribution in [2.24, 2.45) is 0 Å². The number of carbonyl (C=O) groups excluding carboxylic acids is 1. The van der Waals surface area contributed by atoms with Crippen molar-refractivity contribution in [2.45, 2.75) is 23.1 Å². The SMILES string of the molecule is CC(Cc1ccccc1)c1cccc(NC(=O)OCC(Cl)(Cl)Cl)c1. The minimum atomic E-state index is -1.62. The first kappa shape index (κ1) is 18.9. The molecule has 2 aromatic carbocycles. The number of carbonyl (C=O) groups is 1. The largest absolute Gasteiger partial charge is 0.445 e. The van der Waals surface area contributed by atoms with E-state index in [1.54, 1.807) is 6.07 Å². The Morgan fingerprint density at radius 1 is 1.12 bits per heavy atom. The van der Waals surface area contributed by atoms with Crippen LogP contribution in [-0.4, -0.2) is 16.5 Å². The quantitative estimate of drug-likeness (QED) is 0.645. The Labute approximate surface area is 156 Å². The van der Waals surface area contributed by atoms with Crippen LogP contribution in [0.5, 0.6) is 0 Å². The first-order chi connectivity index (χ1) is 11.3. The van der Waals surface area contributed by atoms with Crippen molar-refractivity contribution in [1.82, 2.24) is 0 Å². The third kappa shape index (κ3) is 6.60. The van der Waals surface area contributed by atoms with E-state index in [1.165, 1.54) is 5.56 Å². The molecular formula is C18H18Cl3NO2. The zero-order chi connectivity index (χ0) is 17.6. The summed E-state index contributed by atoms with van der Waals surface area (Å²) in [7, 11) is 0. The van der Waals surface area contributed by atoms with Gasteiger partial charge in [0.2, 0.25) is 3.79 Å². The number of nitrogens with one attached hydrogen (secondary N) is 1. The van der Waals surface area contributed by atoms with Crippen molar-refractivity contribution in [3.8, 4) is 0 Å². The van der Waals surface area contributed by atoms with Gasteiger partial charge in [-0.1, -0.05) is 84.2 Å². The molecule has 0 fully saturated rings. The summed E-state index contributed by atoms with van der Waals surface area (Å²) in [6, 6.07) is 17.9. The summed E-state index contributed by atoms with van der Waals surface area (Å²) >= 11 is 16.6. The van der Waals surface area contributed by atoms with Crippen LogP contribution in [0.1, 0.15) is 24.0 Å². The first-order valence-electron chi connectivity index (χ1n) is 7.48. The van der Waals surface area contributed by atoms with Gasteiger partial charge in [0.05, 0.1) is 0 Å². The standard InChI is InChI=1S/C18H18Cl3NO2/c1-13(10-14-6-3-2-4-7-14)15-8-5-9-16(11-15)22-17(23)24-12-18(19,20)21/h2-9,11,13H,10,12H2,1H3,(H,22,23). The van der Waals surface area contributed by atoms with Gasteiger partial charge in [-0.15, -0.1) is 0 Å². The van der Waals surface area contributed by atoms with Crippen molar-refractivity contribution < 1.29 is 9.53 Å². The molecule has 0 aliphatic carbocycles. The summed E-state index contributed by atoms with van der Waals surface area (Å²) in [5, 5.41) is 2.64. The van der Waals surface area contributed by atoms with Crippen LogP contribution in [0.25, 0.3) is 0 Å². The molecular weight excluding hydrogens is 369 g/mol. The molecule has 1 unspecified atom stereocenters. The molecule has 0 bridgehead atoms. The number of amides is 1. The van der Waals surface area contributed by atoms with Crippen LogP contribution < -0.4 is 5.32 Å². The van der Waals surface area contributed by atoms with E-state index in [0.717, 1.165) is 12.0 Å². The number of anilines is 1. The zero-order valence-electron chi connectivity index (χ0n) is 13.1. The van der Waals surface area contributed by atoms with E-state index in [4.69, 9.17) is 39.5 Å².